The Labute approximate surface area is 202 Å². The minimum atomic E-state index is -0.139. The molecule has 0 saturated carbocycles. The SMILES string of the molecule is COc1ccc(NC(=O)N2CCCN(c3nc4cc(Cl)ccc4n4cccc34)CC2)cc1OC. The molecule has 34 heavy (non-hydrogen) atoms. The summed E-state index contributed by atoms with van der Waals surface area (Å²) >= 11 is 6.24. The van der Waals surface area contributed by atoms with Crippen molar-refractivity contribution in [3.05, 3.63) is 59.8 Å². The summed E-state index contributed by atoms with van der Waals surface area (Å²) in [4.78, 5) is 22.0. The Kier molecular flexibility index (Phi) is 6.06. The zero-order valence-corrected chi connectivity index (χ0v) is 19.9. The molecule has 1 saturated heterocycles. The van der Waals surface area contributed by atoms with Crippen molar-refractivity contribution >= 4 is 45.7 Å². The van der Waals surface area contributed by atoms with Gasteiger partial charge in [-0.25, -0.2) is 9.78 Å². The maximum Gasteiger partial charge on any atom is 0.321 e. The van der Waals surface area contributed by atoms with Gasteiger partial charge in [-0.15, -0.1) is 0 Å². The topological polar surface area (TPSA) is 71.3 Å². The summed E-state index contributed by atoms with van der Waals surface area (Å²) in [5.41, 5.74) is 3.56. The predicted molar refractivity (Wildman–Crippen MR) is 135 cm³/mol. The number of amides is 2. The summed E-state index contributed by atoms with van der Waals surface area (Å²) in [6.07, 6.45) is 2.87. The van der Waals surface area contributed by atoms with Crippen LogP contribution in [-0.2, 0) is 0 Å². The molecular formula is C25H26ClN5O3. The van der Waals surface area contributed by atoms with Gasteiger partial charge < -0.3 is 29.0 Å². The molecule has 3 heterocycles. The van der Waals surface area contributed by atoms with Gasteiger partial charge in [-0.1, -0.05) is 11.6 Å². The smallest absolute Gasteiger partial charge is 0.321 e. The molecule has 2 aromatic carbocycles. The van der Waals surface area contributed by atoms with Crippen LogP contribution in [0.15, 0.2) is 54.7 Å². The number of hydrogen-bond acceptors (Lipinski definition) is 5. The number of hydrogen-bond donors (Lipinski definition) is 1. The van der Waals surface area contributed by atoms with Crippen LogP contribution in [0.5, 0.6) is 11.5 Å². The summed E-state index contributed by atoms with van der Waals surface area (Å²) in [6.45, 7) is 2.73. The molecule has 0 unspecified atom stereocenters. The summed E-state index contributed by atoms with van der Waals surface area (Å²) in [5, 5.41) is 3.63. The first-order valence-electron chi connectivity index (χ1n) is 11.2. The number of nitrogens with zero attached hydrogens (tertiary/aromatic N) is 4. The van der Waals surface area contributed by atoms with Crippen LogP contribution in [0.25, 0.3) is 16.6 Å². The molecule has 1 aliphatic heterocycles. The van der Waals surface area contributed by atoms with E-state index in [4.69, 9.17) is 26.1 Å². The number of carbonyl (C=O) groups is 1. The Morgan fingerprint density at radius 3 is 2.65 bits per heavy atom. The third-order valence-corrected chi connectivity index (χ3v) is 6.35. The van der Waals surface area contributed by atoms with E-state index in [0.29, 0.717) is 41.8 Å². The van der Waals surface area contributed by atoms with Gasteiger partial charge in [-0.05, 0) is 48.9 Å². The van der Waals surface area contributed by atoms with E-state index in [1.165, 1.54) is 0 Å². The molecular weight excluding hydrogens is 454 g/mol. The second kappa shape index (κ2) is 9.30. The van der Waals surface area contributed by atoms with Gasteiger partial charge in [0.15, 0.2) is 17.3 Å². The van der Waals surface area contributed by atoms with Crippen LogP contribution in [0.4, 0.5) is 16.3 Å². The number of anilines is 2. The van der Waals surface area contributed by atoms with Crippen LogP contribution in [0, 0.1) is 0 Å². The fourth-order valence-corrected chi connectivity index (χ4v) is 4.58. The van der Waals surface area contributed by atoms with Crippen molar-refractivity contribution in [1.29, 1.82) is 0 Å². The summed E-state index contributed by atoms with van der Waals surface area (Å²) < 4.78 is 12.8. The van der Waals surface area contributed by atoms with Crippen LogP contribution in [0.1, 0.15) is 6.42 Å². The normalized spacial score (nSPS) is 14.3. The highest BCUT2D eigenvalue weighted by Crippen LogP contribution is 2.30. The quantitative estimate of drug-likeness (QED) is 0.450. The number of rotatable bonds is 4. The van der Waals surface area contributed by atoms with Crippen LogP contribution < -0.4 is 19.7 Å². The van der Waals surface area contributed by atoms with Gasteiger partial charge in [0.25, 0.3) is 0 Å². The molecule has 8 nitrogen and oxygen atoms in total. The van der Waals surface area contributed by atoms with Crippen molar-refractivity contribution in [2.24, 2.45) is 0 Å². The van der Waals surface area contributed by atoms with E-state index < -0.39 is 0 Å². The second-order valence-corrected chi connectivity index (χ2v) is 8.60. The van der Waals surface area contributed by atoms with Crippen LogP contribution in [-0.4, -0.2) is 60.7 Å². The third kappa shape index (κ3) is 4.17. The van der Waals surface area contributed by atoms with Crippen molar-refractivity contribution < 1.29 is 14.3 Å². The molecule has 5 rings (SSSR count). The minimum Gasteiger partial charge on any atom is -0.493 e. The van der Waals surface area contributed by atoms with Gasteiger partial charge in [0.05, 0.1) is 30.8 Å². The Morgan fingerprint density at radius 2 is 1.82 bits per heavy atom. The van der Waals surface area contributed by atoms with Gasteiger partial charge in [-0.2, -0.15) is 0 Å². The van der Waals surface area contributed by atoms with Gasteiger partial charge in [0.2, 0.25) is 0 Å². The third-order valence-electron chi connectivity index (χ3n) is 6.12. The number of aromatic nitrogens is 2. The molecule has 1 N–H and O–H groups in total. The van der Waals surface area contributed by atoms with E-state index in [1.54, 1.807) is 32.4 Å². The van der Waals surface area contributed by atoms with E-state index in [-0.39, 0.29) is 6.03 Å². The Hall–Kier alpha value is -3.65. The van der Waals surface area contributed by atoms with Crippen LogP contribution in [0.3, 0.4) is 0 Å². The lowest BCUT2D eigenvalue weighted by molar-refractivity contribution is 0.215. The molecule has 0 radical (unpaired) electrons. The number of benzene rings is 2. The maximum atomic E-state index is 13.0. The fraction of sp³-hybridized carbons (Fsp3) is 0.280. The number of nitrogens with one attached hydrogen (secondary N) is 1. The lowest BCUT2D eigenvalue weighted by Gasteiger charge is -2.24. The predicted octanol–water partition coefficient (Wildman–Crippen LogP) is 4.90. The Morgan fingerprint density at radius 1 is 0.971 bits per heavy atom. The highest BCUT2D eigenvalue weighted by atomic mass is 35.5. The zero-order chi connectivity index (χ0) is 23.7. The summed E-state index contributed by atoms with van der Waals surface area (Å²) in [7, 11) is 3.16. The molecule has 9 heteroatoms. The van der Waals surface area contributed by atoms with Crippen LogP contribution in [0.2, 0.25) is 5.02 Å². The fourth-order valence-electron chi connectivity index (χ4n) is 4.42. The summed E-state index contributed by atoms with van der Waals surface area (Å²) in [6, 6.07) is 15.1. The molecule has 0 atom stereocenters. The minimum absolute atomic E-state index is 0.139. The molecule has 2 amide bonds. The van der Waals surface area contributed by atoms with Gasteiger partial charge >= 0.3 is 6.03 Å². The van der Waals surface area contributed by atoms with E-state index in [2.05, 4.69) is 20.7 Å². The number of ether oxygens (including phenoxy) is 2. The molecule has 0 bridgehead atoms. The zero-order valence-electron chi connectivity index (χ0n) is 19.1. The first kappa shape index (κ1) is 22.2. The number of urea groups is 1. The molecule has 176 valence electrons. The van der Waals surface area contributed by atoms with Crippen molar-refractivity contribution in [3.8, 4) is 11.5 Å². The highest BCUT2D eigenvalue weighted by molar-refractivity contribution is 6.31. The number of halogens is 1. The largest absolute Gasteiger partial charge is 0.493 e. The lowest BCUT2D eigenvalue weighted by atomic mass is 10.2. The average molecular weight is 480 g/mol. The molecule has 0 spiro atoms. The monoisotopic (exact) mass is 479 g/mol. The van der Waals surface area contributed by atoms with E-state index in [9.17, 15) is 4.79 Å². The second-order valence-electron chi connectivity index (χ2n) is 8.16. The molecule has 4 aromatic rings. The molecule has 2 aromatic heterocycles. The van der Waals surface area contributed by atoms with Gasteiger partial charge in [0, 0.05) is 49.2 Å². The van der Waals surface area contributed by atoms with E-state index in [0.717, 1.165) is 35.3 Å². The molecule has 1 fully saturated rings. The average Bonchev–Trinajstić information content (AvgIpc) is 3.21. The van der Waals surface area contributed by atoms with Crippen molar-refractivity contribution in [3.63, 3.8) is 0 Å². The van der Waals surface area contributed by atoms with Crippen molar-refractivity contribution in [2.75, 3.05) is 50.6 Å². The van der Waals surface area contributed by atoms with Gasteiger partial charge in [0.1, 0.15) is 0 Å². The van der Waals surface area contributed by atoms with E-state index in [1.807, 2.05) is 35.4 Å². The lowest BCUT2D eigenvalue weighted by Crippen LogP contribution is -2.38. The maximum absolute atomic E-state index is 13.0. The molecule has 1 aliphatic rings. The highest BCUT2D eigenvalue weighted by Gasteiger charge is 2.22. The van der Waals surface area contributed by atoms with E-state index >= 15 is 0 Å². The van der Waals surface area contributed by atoms with Gasteiger partial charge in [-0.3, -0.25) is 0 Å². The number of carbonyl (C=O) groups excluding carboxylic acids is 1. The standard InChI is InChI=1S/C25H26ClN5O3/c1-33-22-9-7-18(16-23(22)34-2)27-25(32)30-11-4-10-29(13-14-30)24-21-5-3-12-31(21)20-8-6-17(26)15-19(20)28-24/h3,5-9,12,15-16H,4,10-11,13-14H2,1-2H3,(H,27,32). The number of methoxy groups -OCH3 is 2. The molecule has 0 aliphatic carbocycles. The van der Waals surface area contributed by atoms with Crippen molar-refractivity contribution in [1.82, 2.24) is 14.3 Å². The number of fused-ring (bicyclic) bond motifs is 3. The van der Waals surface area contributed by atoms with Crippen LogP contribution >= 0.6 is 11.6 Å². The first-order valence-corrected chi connectivity index (χ1v) is 11.5. The Bertz CT molecular complexity index is 1360. The van der Waals surface area contributed by atoms with Crippen molar-refractivity contribution in [2.45, 2.75) is 6.42 Å². The summed E-state index contributed by atoms with van der Waals surface area (Å²) in [5.74, 6) is 2.09. The first-order chi connectivity index (χ1) is 16.6. The Balaban J connectivity index is 1.34.